The van der Waals surface area contributed by atoms with Crippen molar-refractivity contribution in [3.8, 4) is 0 Å². The molecule has 6 rings (SSSR count). The van der Waals surface area contributed by atoms with Crippen LogP contribution in [0.2, 0.25) is 0 Å². The predicted octanol–water partition coefficient (Wildman–Crippen LogP) is 3.22. The predicted molar refractivity (Wildman–Crippen MR) is 288 cm³/mol. The zero-order valence-electron chi connectivity index (χ0n) is 44.6. The van der Waals surface area contributed by atoms with Gasteiger partial charge in [-0.15, -0.1) is 24.8 Å². The van der Waals surface area contributed by atoms with Crippen molar-refractivity contribution < 1.29 is 38.4 Å². The van der Waals surface area contributed by atoms with Gasteiger partial charge in [-0.1, -0.05) is 90.1 Å². The van der Waals surface area contributed by atoms with Crippen LogP contribution < -0.4 is 42.5 Å². The smallest absolute Gasteiger partial charge is 0.246 e. The van der Waals surface area contributed by atoms with E-state index in [-0.39, 0.29) is 86.5 Å². The fourth-order valence-corrected chi connectivity index (χ4v) is 10.3. The minimum absolute atomic E-state index is 0. The van der Waals surface area contributed by atoms with Gasteiger partial charge in [0.1, 0.15) is 24.2 Å². The summed E-state index contributed by atoms with van der Waals surface area (Å²) in [5.41, 5.74) is 2.88. The lowest BCUT2D eigenvalue weighted by atomic mass is 9.85. The number of halogens is 2. The lowest BCUT2D eigenvalue weighted by Gasteiger charge is -2.36. The summed E-state index contributed by atoms with van der Waals surface area (Å²) in [6.45, 7) is 14.3. The summed E-state index contributed by atoms with van der Waals surface area (Å²) in [6.07, 6.45) is 7.32. The van der Waals surface area contributed by atoms with Crippen LogP contribution >= 0.6 is 24.8 Å². The second kappa shape index (κ2) is 26.3. The van der Waals surface area contributed by atoms with Gasteiger partial charge in [0, 0.05) is 37.3 Å². The molecule has 2 aromatic carbocycles. The molecule has 2 heterocycles. The number of nitrogens with zero attached hydrogens (tertiary/aromatic N) is 2. The number of likely N-dealkylation sites (N-methyl/N-ethyl adjacent to an activating group) is 2. The van der Waals surface area contributed by atoms with E-state index in [0.717, 1.165) is 72.9 Å². The number of nitrogens with one attached hydrogen (secondary N) is 8. The third-order valence-electron chi connectivity index (χ3n) is 14.7. The molecule has 20 heteroatoms. The van der Waals surface area contributed by atoms with E-state index >= 15 is 0 Å². The second-order valence-electron chi connectivity index (χ2n) is 22.2. The standard InChI is InChI=1S/C54H78N10O8.2ClH/c1-31(55-9)47(67)61-45(53(3,4)5)51(71)63-29-35(27-41(63)49(69)59-39-23-15-19-33-17-11-13-21-37(33)39)57-43(65)25-26-44(66)58-36-28-42(50(70)60-40-24-16-20-34-18-12-14-22-38(34)40)64(30-36)52(72)46(54(6,7)8)62-48(68)32(2)56-10;;/h11-14,17-18,21-22,25-26,31-32,35-36,39-42,45-46,55-56H,15-16,19-20,23-24,27-30H2,1-10H3,(H,57,65)(H,58,66)(H,59,69)(H,60,70)(H,61,67)(H,62,68);2*1H/b26-25+;;/t31-,32-,35-,36-,39+,40+,41-,42-,45+,46+;;/m0../s1. The van der Waals surface area contributed by atoms with Crippen LogP contribution in [0.25, 0.3) is 0 Å². The van der Waals surface area contributed by atoms with Crippen LogP contribution in [-0.2, 0) is 51.2 Å². The zero-order valence-corrected chi connectivity index (χ0v) is 46.2. The molecule has 2 saturated heterocycles. The summed E-state index contributed by atoms with van der Waals surface area (Å²) in [5.74, 6) is -3.70. The van der Waals surface area contributed by atoms with Gasteiger partial charge in [-0.2, -0.15) is 0 Å². The number of likely N-dealkylation sites (tertiary alicyclic amines) is 2. The topological polar surface area (TPSA) is 239 Å². The number of aryl methyl sites for hydroxylation is 2. The quantitative estimate of drug-likeness (QED) is 0.114. The van der Waals surface area contributed by atoms with E-state index in [9.17, 15) is 38.4 Å². The van der Waals surface area contributed by atoms with Gasteiger partial charge >= 0.3 is 0 Å². The molecule has 2 aromatic rings. The summed E-state index contributed by atoms with van der Waals surface area (Å²) in [4.78, 5) is 114. The van der Waals surface area contributed by atoms with Crippen LogP contribution in [0.5, 0.6) is 0 Å². The third kappa shape index (κ3) is 15.1. The van der Waals surface area contributed by atoms with E-state index in [1.165, 1.54) is 9.80 Å². The molecular formula is C54H80Cl2N10O8. The molecule has 0 bridgehead atoms. The number of hydrogen-bond acceptors (Lipinski definition) is 10. The molecule has 8 N–H and O–H groups in total. The molecule has 0 unspecified atom stereocenters. The molecule has 0 spiro atoms. The molecule has 0 radical (unpaired) electrons. The highest BCUT2D eigenvalue weighted by Gasteiger charge is 2.48. The van der Waals surface area contributed by atoms with Crippen molar-refractivity contribution in [2.75, 3.05) is 27.2 Å². The van der Waals surface area contributed by atoms with Crippen LogP contribution in [0, 0.1) is 10.8 Å². The minimum atomic E-state index is -0.999. The molecule has 0 aromatic heterocycles. The first-order chi connectivity index (χ1) is 34.0. The van der Waals surface area contributed by atoms with Gasteiger partial charge in [-0.3, -0.25) is 38.4 Å². The molecule has 8 amide bonds. The normalized spacial score (nSPS) is 23.0. The van der Waals surface area contributed by atoms with Gasteiger partial charge in [0.25, 0.3) is 0 Å². The van der Waals surface area contributed by atoms with Gasteiger partial charge in [-0.25, -0.2) is 0 Å². The Labute approximate surface area is 449 Å². The SMILES string of the molecule is CN[C@@H](C)C(=O)N[C@H](C(=O)N1C[C@@H](NC(=O)/C=C/C(=O)N[C@H]2C[C@@H](C(=O)N[C@@H]3CCCc4ccccc43)N(C(=O)[C@@H](NC(=O)[C@H](C)NC)C(C)(C)C)C2)C[C@H]1C(=O)N[C@@H]1CCCc2ccccc21)C(C)(C)C.Cl.Cl. The highest BCUT2D eigenvalue weighted by atomic mass is 35.5. The molecule has 408 valence electrons. The van der Waals surface area contributed by atoms with Crippen LogP contribution in [0.15, 0.2) is 60.7 Å². The fraction of sp³-hybridized carbons (Fsp3) is 0.593. The van der Waals surface area contributed by atoms with E-state index in [0.29, 0.717) is 0 Å². The second-order valence-corrected chi connectivity index (χ2v) is 22.2. The highest BCUT2D eigenvalue weighted by molar-refractivity contribution is 5.98. The monoisotopic (exact) mass is 1070 g/mol. The first-order valence-electron chi connectivity index (χ1n) is 25.6. The van der Waals surface area contributed by atoms with Crippen molar-refractivity contribution in [3.05, 3.63) is 82.9 Å². The van der Waals surface area contributed by atoms with Crippen molar-refractivity contribution in [3.63, 3.8) is 0 Å². The van der Waals surface area contributed by atoms with Crippen LogP contribution in [0.1, 0.15) is 128 Å². The largest absolute Gasteiger partial charge is 0.348 e. The zero-order chi connectivity index (χ0) is 52.7. The molecular weight excluding hydrogens is 988 g/mol. The van der Waals surface area contributed by atoms with E-state index < -0.39 is 82.8 Å². The van der Waals surface area contributed by atoms with Gasteiger partial charge < -0.3 is 52.3 Å². The molecule has 2 fully saturated rings. The van der Waals surface area contributed by atoms with E-state index in [2.05, 4.69) is 54.7 Å². The summed E-state index contributed by atoms with van der Waals surface area (Å²) < 4.78 is 0. The van der Waals surface area contributed by atoms with Crippen molar-refractivity contribution >= 4 is 72.1 Å². The third-order valence-corrected chi connectivity index (χ3v) is 14.7. The van der Waals surface area contributed by atoms with Crippen molar-refractivity contribution in [1.82, 2.24) is 52.3 Å². The van der Waals surface area contributed by atoms with Gasteiger partial charge in [0.15, 0.2) is 0 Å². The summed E-state index contributed by atoms with van der Waals surface area (Å²) in [5, 5.41) is 23.7. The molecule has 10 atom stereocenters. The van der Waals surface area contributed by atoms with Crippen LogP contribution in [-0.4, -0.2) is 133 Å². The van der Waals surface area contributed by atoms with E-state index in [1.807, 2.05) is 77.9 Å². The summed E-state index contributed by atoms with van der Waals surface area (Å²) >= 11 is 0. The maximum Gasteiger partial charge on any atom is 0.246 e. The lowest BCUT2D eigenvalue weighted by molar-refractivity contribution is -0.144. The Morgan fingerprint density at radius 3 is 1.24 bits per heavy atom. The van der Waals surface area contributed by atoms with E-state index in [1.54, 1.807) is 27.9 Å². The Balaban J connectivity index is 0.00000593. The number of carbonyl (C=O) groups excluding carboxylic acids is 8. The molecule has 74 heavy (non-hydrogen) atoms. The fourth-order valence-electron chi connectivity index (χ4n) is 10.3. The Bertz CT molecular complexity index is 2230. The molecule has 4 aliphatic rings. The summed E-state index contributed by atoms with van der Waals surface area (Å²) in [7, 11) is 3.29. The van der Waals surface area contributed by atoms with Gasteiger partial charge in [-0.05, 0) is 112 Å². The minimum Gasteiger partial charge on any atom is -0.348 e. The first-order valence-corrected chi connectivity index (χ1v) is 25.6. The Morgan fingerprint density at radius 1 is 0.554 bits per heavy atom. The summed E-state index contributed by atoms with van der Waals surface area (Å²) in [6, 6.07) is 8.91. The average Bonchev–Trinajstić information content (AvgIpc) is 3.97. The highest BCUT2D eigenvalue weighted by Crippen LogP contribution is 2.33. The number of fused-ring (bicyclic) bond motifs is 2. The first kappa shape index (κ1) is 61.0. The van der Waals surface area contributed by atoms with Gasteiger partial charge in [0.05, 0.1) is 24.2 Å². The molecule has 2 aliphatic heterocycles. The lowest BCUT2D eigenvalue weighted by Crippen LogP contribution is -2.59. The van der Waals surface area contributed by atoms with Crippen molar-refractivity contribution in [2.24, 2.45) is 10.8 Å². The number of rotatable bonds is 16. The number of hydrogen-bond donors (Lipinski definition) is 8. The van der Waals surface area contributed by atoms with Crippen LogP contribution in [0.3, 0.4) is 0 Å². The van der Waals surface area contributed by atoms with Crippen molar-refractivity contribution in [1.29, 1.82) is 0 Å². The number of benzene rings is 2. The molecule has 2 aliphatic carbocycles. The number of carbonyl (C=O) groups is 8. The maximum atomic E-state index is 14.6. The van der Waals surface area contributed by atoms with Crippen molar-refractivity contribution in [2.45, 2.75) is 167 Å². The maximum absolute atomic E-state index is 14.6. The molecule has 0 saturated carbocycles. The Kier molecular flexibility index (Phi) is 21.7. The average molecular weight is 1070 g/mol. The Hall–Kier alpha value is -5.56. The molecule has 18 nitrogen and oxygen atoms in total. The Morgan fingerprint density at radius 2 is 0.905 bits per heavy atom. The van der Waals surface area contributed by atoms with Crippen LogP contribution in [0.4, 0.5) is 0 Å². The number of amides is 8. The van der Waals surface area contributed by atoms with E-state index in [4.69, 9.17) is 0 Å². The van der Waals surface area contributed by atoms with Gasteiger partial charge in [0.2, 0.25) is 47.3 Å².